The Morgan fingerprint density at radius 3 is 2.32 bits per heavy atom. The van der Waals surface area contributed by atoms with Crippen molar-refractivity contribution in [1.29, 1.82) is 0 Å². The van der Waals surface area contributed by atoms with E-state index in [9.17, 15) is 19.8 Å². The number of aliphatic hydroxyl groups is 2. The summed E-state index contributed by atoms with van der Waals surface area (Å²) in [6, 6.07) is 8.72. The third-order valence-corrected chi connectivity index (χ3v) is 8.61. The fourth-order valence-electron chi connectivity index (χ4n) is 6.44. The molecule has 1 aromatic rings. The first-order valence-electron chi connectivity index (χ1n) is 13.0. The van der Waals surface area contributed by atoms with Gasteiger partial charge < -0.3 is 20.8 Å². The van der Waals surface area contributed by atoms with Crippen molar-refractivity contribution in [2.75, 3.05) is 32.8 Å². The van der Waals surface area contributed by atoms with Crippen LogP contribution in [0.25, 0.3) is 0 Å². The molecule has 7 nitrogen and oxygen atoms in total. The minimum Gasteiger partial charge on any atom is -0.395 e. The van der Waals surface area contributed by atoms with E-state index in [0.29, 0.717) is 36.0 Å². The van der Waals surface area contributed by atoms with Gasteiger partial charge in [-0.05, 0) is 75.0 Å². The average molecular weight is 472 g/mol. The van der Waals surface area contributed by atoms with Crippen molar-refractivity contribution in [3.63, 3.8) is 0 Å². The van der Waals surface area contributed by atoms with E-state index in [1.165, 1.54) is 18.4 Å². The molecule has 188 valence electrons. The summed E-state index contributed by atoms with van der Waals surface area (Å²) in [5.41, 5.74) is 6.14. The van der Waals surface area contributed by atoms with Crippen LogP contribution in [0, 0.1) is 11.3 Å². The van der Waals surface area contributed by atoms with Gasteiger partial charge in [0.15, 0.2) is 0 Å². The van der Waals surface area contributed by atoms with Gasteiger partial charge in [-0.2, -0.15) is 0 Å². The molecule has 3 aliphatic rings. The Morgan fingerprint density at radius 1 is 1.09 bits per heavy atom. The van der Waals surface area contributed by atoms with E-state index >= 15 is 0 Å². The number of rotatable bonds is 10. The SMILES string of the molecule is CC(CO)(CO)C(=O)N(CCN1[C@@H]2CC[C@H]1C[C@@H](c1cccc(C(N)=O)c1)C2)CC1CCCC1. The lowest BCUT2D eigenvalue weighted by molar-refractivity contribution is -0.147. The van der Waals surface area contributed by atoms with Crippen LogP contribution in [0.3, 0.4) is 0 Å². The summed E-state index contributed by atoms with van der Waals surface area (Å²) >= 11 is 0. The van der Waals surface area contributed by atoms with Crippen molar-refractivity contribution in [1.82, 2.24) is 9.80 Å². The van der Waals surface area contributed by atoms with E-state index in [2.05, 4.69) is 11.0 Å². The Bertz CT molecular complexity index is 851. The number of nitrogens with two attached hydrogens (primary N) is 1. The standard InChI is InChI=1S/C27H41N3O4/c1-27(17-31,18-32)26(34)29(16-19-5-2-3-6-19)11-12-30-23-9-10-24(30)15-22(14-23)20-7-4-8-21(13-20)25(28)33/h4,7-8,13,19,22-24,31-32H,2-3,5-6,9-12,14-18H2,1H3,(H2,28,33)/t22-,23+,24-. The normalized spacial score (nSPS) is 25.6. The van der Waals surface area contributed by atoms with Crippen molar-refractivity contribution in [3.8, 4) is 0 Å². The number of amides is 2. The lowest BCUT2D eigenvalue weighted by Crippen LogP contribution is -2.52. The molecule has 2 bridgehead atoms. The molecule has 1 aliphatic carbocycles. The lowest BCUT2D eigenvalue weighted by Gasteiger charge is -2.41. The second-order valence-electron chi connectivity index (χ2n) is 11.1. The van der Waals surface area contributed by atoms with Gasteiger partial charge in [0.25, 0.3) is 0 Å². The van der Waals surface area contributed by atoms with Gasteiger partial charge in [-0.3, -0.25) is 14.5 Å². The quantitative estimate of drug-likeness (QED) is 0.486. The average Bonchev–Trinajstić information content (AvgIpc) is 3.45. The molecule has 4 N–H and O–H groups in total. The first-order chi connectivity index (χ1) is 16.3. The molecule has 2 amide bonds. The molecular formula is C27H41N3O4. The van der Waals surface area contributed by atoms with Crippen LogP contribution in [0.5, 0.6) is 0 Å². The number of carbonyl (C=O) groups is 2. The number of primary amides is 1. The Kier molecular flexibility index (Phi) is 7.95. The third kappa shape index (κ3) is 5.31. The highest BCUT2D eigenvalue weighted by molar-refractivity contribution is 5.92. The van der Waals surface area contributed by atoms with Gasteiger partial charge in [0, 0.05) is 37.3 Å². The molecule has 3 atom stereocenters. The highest BCUT2D eigenvalue weighted by Crippen LogP contribution is 2.43. The maximum absolute atomic E-state index is 13.3. The second-order valence-corrected chi connectivity index (χ2v) is 11.1. The molecule has 4 rings (SSSR count). The summed E-state index contributed by atoms with van der Waals surface area (Å²) in [5, 5.41) is 19.6. The van der Waals surface area contributed by atoms with E-state index < -0.39 is 5.41 Å². The van der Waals surface area contributed by atoms with Crippen molar-refractivity contribution >= 4 is 11.8 Å². The minimum absolute atomic E-state index is 0.130. The van der Waals surface area contributed by atoms with Crippen molar-refractivity contribution in [3.05, 3.63) is 35.4 Å². The van der Waals surface area contributed by atoms with E-state index in [-0.39, 0.29) is 25.0 Å². The molecule has 3 fully saturated rings. The maximum atomic E-state index is 13.3. The molecule has 0 radical (unpaired) electrons. The Hall–Kier alpha value is -1.96. The zero-order chi connectivity index (χ0) is 24.3. The summed E-state index contributed by atoms with van der Waals surface area (Å²) in [6.45, 7) is 3.16. The second kappa shape index (κ2) is 10.8. The fourth-order valence-corrected chi connectivity index (χ4v) is 6.44. The van der Waals surface area contributed by atoms with Crippen LogP contribution < -0.4 is 5.73 Å². The van der Waals surface area contributed by atoms with E-state index in [4.69, 9.17) is 5.73 Å². The number of benzene rings is 1. The highest BCUT2D eigenvalue weighted by atomic mass is 16.3. The predicted molar refractivity (Wildman–Crippen MR) is 131 cm³/mol. The molecule has 0 unspecified atom stereocenters. The van der Waals surface area contributed by atoms with E-state index in [1.807, 2.05) is 17.0 Å². The van der Waals surface area contributed by atoms with Gasteiger partial charge in [0.05, 0.1) is 18.6 Å². The molecular weight excluding hydrogens is 430 g/mol. The molecule has 2 aliphatic heterocycles. The Morgan fingerprint density at radius 2 is 1.74 bits per heavy atom. The Balaban J connectivity index is 1.42. The Labute approximate surface area is 203 Å². The van der Waals surface area contributed by atoms with Gasteiger partial charge in [-0.25, -0.2) is 0 Å². The van der Waals surface area contributed by atoms with Gasteiger partial charge in [0.2, 0.25) is 11.8 Å². The number of fused-ring (bicyclic) bond motifs is 2. The van der Waals surface area contributed by atoms with Crippen molar-refractivity contribution in [2.45, 2.75) is 76.3 Å². The lowest BCUT2D eigenvalue weighted by atomic mass is 9.84. The molecule has 0 spiro atoms. The zero-order valence-electron chi connectivity index (χ0n) is 20.5. The third-order valence-electron chi connectivity index (χ3n) is 8.61. The molecule has 1 saturated carbocycles. The van der Waals surface area contributed by atoms with Gasteiger partial charge in [-0.1, -0.05) is 25.0 Å². The monoisotopic (exact) mass is 471 g/mol. The smallest absolute Gasteiger partial charge is 0.248 e. The van der Waals surface area contributed by atoms with Gasteiger partial charge in [-0.15, -0.1) is 0 Å². The fraction of sp³-hybridized carbons (Fsp3) is 0.704. The summed E-state index contributed by atoms with van der Waals surface area (Å²) in [5.74, 6) is 0.434. The van der Waals surface area contributed by atoms with Gasteiger partial charge >= 0.3 is 0 Å². The summed E-state index contributed by atoms with van der Waals surface area (Å²) in [4.78, 5) is 29.5. The molecule has 0 aromatic heterocycles. The highest BCUT2D eigenvalue weighted by Gasteiger charge is 2.42. The summed E-state index contributed by atoms with van der Waals surface area (Å²) < 4.78 is 0. The first-order valence-corrected chi connectivity index (χ1v) is 13.0. The summed E-state index contributed by atoms with van der Waals surface area (Å²) in [6.07, 6.45) is 9.19. The summed E-state index contributed by atoms with van der Waals surface area (Å²) in [7, 11) is 0. The van der Waals surface area contributed by atoms with Crippen LogP contribution in [-0.4, -0.2) is 76.8 Å². The number of carbonyl (C=O) groups excluding carboxylic acids is 2. The topological polar surface area (TPSA) is 107 Å². The largest absolute Gasteiger partial charge is 0.395 e. The molecule has 2 heterocycles. The zero-order valence-corrected chi connectivity index (χ0v) is 20.5. The van der Waals surface area contributed by atoms with Crippen LogP contribution in [-0.2, 0) is 4.79 Å². The molecule has 34 heavy (non-hydrogen) atoms. The number of piperidine rings is 1. The predicted octanol–water partition coefficient (Wildman–Crippen LogP) is 2.51. The van der Waals surface area contributed by atoms with E-state index in [1.54, 1.807) is 13.0 Å². The van der Waals surface area contributed by atoms with Gasteiger partial charge in [0.1, 0.15) is 0 Å². The number of nitrogens with zero attached hydrogens (tertiary/aromatic N) is 2. The molecule has 7 heteroatoms. The first kappa shape index (κ1) is 25.1. The van der Waals surface area contributed by atoms with Crippen LogP contribution in [0.4, 0.5) is 0 Å². The van der Waals surface area contributed by atoms with Crippen molar-refractivity contribution < 1.29 is 19.8 Å². The van der Waals surface area contributed by atoms with Crippen LogP contribution >= 0.6 is 0 Å². The molecule has 2 saturated heterocycles. The van der Waals surface area contributed by atoms with Crippen LogP contribution in [0.1, 0.15) is 80.1 Å². The number of hydrogen-bond donors (Lipinski definition) is 3. The number of hydrogen-bond acceptors (Lipinski definition) is 5. The van der Waals surface area contributed by atoms with Crippen LogP contribution in [0.15, 0.2) is 24.3 Å². The van der Waals surface area contributed by atoms with Crippen molar-refractivity contribution in [2.24, 2.45) is 17.1 Å². The molecule has 1 aromatic carbocycles. The maximum Gasteiger partial charge on any atom is 0.248 e. The number of aliphatic hydroxyl groups excluding tert-OH is 2. The van der Waals surface area contributed by atoms with Crippen LogP contribution in [0.2, 0.25) is 0 Å². The van der Waals surface area contributed by atoms with E-state index in [0.717, 1.165) is 51.6 Å². The minimum atomic E-state index is -1.13.